The van der Waals surface area contributed by atoms with E-state index in [1.807, 2.05) is 17.7 Å². The molecule has 40 heavy (non-hydrogen) atoms. The number of amides is 1. The van der Waals surface area contributed by atoms with Crippen LogP contribution in [0.5, 0.6) is 0 Å². The zero-order valence-electron chi connectivity index (χ0n) is 23.6. The van der Waals surface area contributed by atoms with Crippen molar-refractivity contribution in [2.75, 3.05) is 31.1 Å². The van der Waals surface area contributed by atoms with Crippen molar-refractivity contribution in [3.63, 3.8) is 0 Å². The molecule has 3 atom stereocenters. The Labute approximate surface area is 235 Å². The zero-order valence-corrected chi connectivity index (χ0v) is 23.6. The summed E-state index contributed by atoms with van der Waals surface area (Å²) >= 11 is 0. The van der Waals surface area contributed by atoms with Gasteiger partial charge in [0.1, 0.15) is 17.5 Å². The lowest BCUT2D eigenvalue weighted by atomic mass is 10.1. The van der Waals surface area contributed by atoms with E-state index in [-0.39, 0.29) is 23.6 Å². The van der Waals surface area contributed by atoms with E-state index in [0.29, 0.717) is 19.0 Å². The molecule has 1 saturated heterocycles. The third kappa shape index (κ3) is 5.07. The van der Waals surface area contributed by atoms with Crippen molar-refractivity contribution in [1.82, 2.24) is 24.6 Å². The van der Waals surface area contributed by atoms with E-state index in [0.717, 1.165) is 72.8 Å². The molecule has 0 N–H and O–H groups in total. The predicted octanol–water partition coefficient (Wildman–Crippen LogP) is 6.01. The van der Waals surface area contributed by atoms with Crippen LogP contribution in [0.2, 0.25) is 0 Å². The molecule has 8 heteroatoms. The minimum Gasteiger partial charge on any atom is -0.354 e. The summed E-state index contributed by atoms with van der Waals surface area (Å²) in [6, 6.07) is 16.8. The average molecular weight is 541 g/mol. The van der Waals surface area contributed by atoms with Gasteiger partial charge in [0.15, 0.2) is 5.65 Å². The minimum atomic E-state index is -0.283. The van der Waals surface area contributed by atoms with Crippen molar-refractivity contribution in [1.29, 1.82) is 0 Å². The summed E-state index contributed by atoms with van der Waals surface area (Å²) in [6.45, 7) is 9.28. The Morgan fingerprint density at radius 2 is 1.80 bits per heavy atom. The molecule has 0 unspecified atom stereocenters. The highest BCUT2D eigenvalue weighted by molar-refractivity contribution is 5.91. The Morgan fingerprint density at radius 3 is 2.55 bits per heavy atom. The van der Waals surface area contributed by atoms with E-state index < -0.39 is 0 Å². The van der Waals surface area contributed by atoms with Gasteiger partial charge in [-0.2, -0.15) is 5.10 Å². The number of nitrogens with zero attached hydrogens (tertiary/aromatic N) is 6. The first-order valence-electron chi connectivity index (χ1n) is 14.6. The molecule has 1 amide bonds. The third-order valence-corrected chi connectivity index (χ3v) is 8.38. The number of aryl methyl sites for hydroxylation is 1. The van der Waals surface area contributed by atoms with E-state index >= 15 is 0 Å². The van der Waals surface area contributed by atoms with E-state index in [4.69, 9.17) is 15.1 Å². The van der Waals surface area contributed by atoms with Gasteiger partial charge in [-0.1, -0.05) is 50.6 Å². The number of hydrogen-bond acceptors (Lipinski definition) is 5. The molecular formula is C32H37FN6O. The van der Waals surface area contributed by atoms with Crippen molar-refractivity contribution in [2.45, 2.75) is 58.3 Å². The summed E-state index contributed by atoms with van der Waals surface area (Å²) in [5, 5.41) is 5.75. The van der Waals surface area contributed by atoms with Crippen molar-refractivity contribution in [2.24, 2.45) is 5.92 Å². The summed E-state index contributed by atoms with van der Waals surface area (Å²) in [7, 11) is 0. The maximum absolute atomic E-state index is 13.7. The maximum atomic E-state index is 13.7. The molecule has 0 bridgehead atoms. The molecule has 2 fully saturated rings. The van der Waals surface area contributed by atoms with Crippen molar-refractivity contribution in [3.05, 3.63) is 77.5 Å². The fraction of sp³-hybridized carbons (Fsp3) is 0.438. The van der Waals surface area contributed by atoms with E-state index in [2.05, 4.69) is 47.9 Å². The summed E-state index contributed by atoms with van der Waals surface area (Å²) < 4.78 is 15.5. The van der Waals surface area contributed by atoms with Gasteiger partial charge >= 0.3 is 0 Å². The van der Waals surface area contributed by atoms with Crippen LogP contribution in [0.3, 0.4) is 0 Å². The van der Waals surface area contributed by atoms with Gasteiger partial charge in [0.05, 0.1) is 16.8 Å². The normalized spacial score (nSPS) is 20.0. The van der Waals surface area contributed by atoms with Gasteiger partial charge in [0, 0.05) is 38.0 Å². The topological polar surface area (TPSA) is 67.2 Å². The number of anilines is 1. The molecule has 1 aliphatic carbocycles. The van der Waals surface area contributed by atoms with Crippen molar-refractivity contribution >= 4 is 22.8 Å². The highest BCUT2D eigenvalue weighted by Crippen LogP contribution is 2.48. The number of fused-ring (bicyclic) bond motifs is 1. The summed E-state index contributed by atoms with van der Waals surface area (Å²) in [5.74, 6) is 2.31. The molecule has 208 valence electrons. The van der Waals surface area contributed by atoms with Crippen LogP contribution in [0.15, 0.2) is 54.6 Å². The second-order valence-electron chi connectivity index (χ2n) is 11.3. The van der Waals surface area contributed by atoms with Gasteiger partial charge in [-0.15, -0.1) is 0 Å². The second-order valence-corrected chi connectivity index (χ2v) is 11.3. The summed E-state index contributed by atoms with van der Waals surface area (Å²) in [4.78, 5) is 28.0. The van der Waals surface area contributed by atoms with Gasteiger partial charge in [-0.05, 0) is 61.9 Å². The van der Waals surface area contributed by atoms with Gasteiger partial charge in [0.2, 0.25) is 5.91 Å². The molecule has 2 aliphatic rings. The van der Waals surface area contributed by atoms with Crippen LogP contribution in [0.1, 0.15) is 68.4 Å². The quantitative estimate of drug-likeness (QED) is 0.287. The SMILES string of the molecule is CCC[C@@H](C)c1nc(N2CCCN(C(=O)[C@H]3C[C@H]3c3ccccc3)CC2)c2c(C)nn(-c3ccc(F)cc3)c2n1. The molecule has 7 nitrogen and oxygen atoms in total. The number of hydrogen-bond donors (Lipinski definition) is 0. The smallest absolute Gasteiger partial charge is 0.226 e. The molecule has 2 aromatic heterocycles. The number of halogens is 1. The number of carbonyl (C=O) groups excluding carboxylic acids is 1. The Hall–Kier alpha value is -3.81. The second kappa shape index (κ2) is 11.0. The fourth-order valence-electron chi connectivity index (χ4n) is 6.07. The Morgan fingerprint density at radius 1 is 1.02 bits per heavy atom. The van der Waals surface area contributed by atoms with Crippen LogP contribution >= 0.6 is 0 Å². The lowest BCUT2D eigenvalue weighted by Crippen LogP contribution is -2.36. The van der Waals surface area contributed by atoms with Crippen molar-refractivity contribution in [3.8, 4) is 5.69 Å². The van der Waals surface area contributed by atoms with Crippen molar-refractivity contribution < 1.29 is 9.18 Å². The highest BCUT2D eigenvalue weighted by atomic mass is 19.1. The molecule has 3 heterocycles. The van der Waals surface area contributed by atoms with Crippen LogP contribution in [-0.2, 0) is 4.79 Å². The van der Waals surface area contributed by atoms with Crippen LogP contribution < -0.4 is 4.90 Å². The Balaban J connectivity index is 1.29. The highest BCUT2D eigenvalue weighted by Gasteiger charge is 2.45. The lowest BCUT2D eigenvalue weighted by Gasteiger charge is -2.24. The fourth-order valence-corrected chi connectivity index (χ4v) is 6.07. The van der Waals surface area contributed by atoms with E-state index in [1.165, 1.54) is 17.7 Å². The predicted molar refractivity (Wildman–Crippen MR) is 155 cm³/mol. The van der Waals surface area contributed by atoms with E-state index in [9.17, 15) is 9.18 Å². The first-order chi connectivity index (χ1) is 19.4. The molecule has 6 rings (SSSR count). The molecule has 1 aliphatic heterocycles. The molecule has 4 aromatic rings. The van der Waals surface area contributed by atoms with Crippen LogP contribution in [-0.4, -0.2) is 56.7 Å². The number of benzene rings is 2. The zero-order chi connectivity index (χ0) is 27.8. The summed E-state index contributed by atoms with van der Waals surface area (Å²) in [6.07, 6.45) is 3.85. The maximum Gasteiger partial charge on any atom is 0.226 e. The Bertz CT molecular complexity index is 1500. The van der Waals surface area contributed by atoms with Crippen LogP contribution in [0.4, 0.5) is 10.2 Å². The number of carbonyl (C=O) groups is 1. The number of rotatable bonds is 7. The lowest BCUT2D eigenvalue weighted by molar-refractivity contribution is -0.132. The Kier molecular flexibility index (Phi) is 7.26. The van der Waals surface area contributed by atoms with Gasteiger partial charge in [0.25, 0.3) is 0 Å². The average Bonchev–Trinajstić information content (AvgIpc) is 3.75. The molecule has 0 spiro atoms. The number of aromatic nitrogens is 4. The molecule has 0 radical (unpaired) electrons. The van der Waals surface area contributed by atoms with E-state index in [1.54, 1.807) is 12.1 Å². The first-order valence-corrected chi connectivity index (χ1v) is 14.6. The third-order valence-electron chi connectivity index (χ3n) is 8.38. The standard InChI is InChI=1S/C32H37FN6O/c1-4-9-21(2)29-34-30(28-22(3)36-39(31(28)35-29)25-14-12-24(33)13-15-25)37-16-8-17-38(19-18-37)32(40)27-20-26(27)23-10-6-5-7-11-23/h5-7,10-15,21,26-27H,4,8-9,16-20H2,1-3H3/t21-,26+,27+/m1/s1. The largest absolute Gasteiger partial charge is 0.354 e. The van der Waals surface area contributed by atoms with Crippen LogP contribution in [0, 0.1) is 18.7 Å². The first kappa shape index (κ1) is 26.4. The van der Waals surface area contributed by atoms with Gasteiger partial charge in [-0.25, -0.2) is 19.0 Å². The van der Waals surface area contributed by atoms with Crippen LogP contribution in [0.25, 0.3) is 16.7 Å². The monoisotopic (exact) mass is 540 g/mol. The van der Waals surface area contributed by atoms with Gasteiger partial charge < -0.3 is 9.80 Å². The molecular weight excluding hydrogens is 503 g/mol. The minimum absolute atomic E-state index is 0.0948. The molecule has 2 aromatic carbocycles. The van der Waals surface area contributed by atoms with Gasteiger partial charge in [-0.3, -0.25) is 4.79 Å². The molecule has 1 saturated carbocycles. The summed E-state index contributed by atoms with van der Waals surface area (Å²) in [5.41, 5.74) is 3.61.